The molecule has 0 aliphatic carbocycles. The van der Waals surface area contributed by atoms with Gasteiger partial charge in [0.25, 0.3) is 0 Å². The smallest absolute Gasteiger partial charge is 0.163 e. The number of nitrogens with two attached hydrogens (primary N) is 1. The molecule has 1 aliphatic heterocycles. The van der Waals surface area contributed by atoms with Crippen molar-refractivity contribution in [1.29, 1.82) is 0 Å². The molecule has 4 aromatic rings. The molecule has 6 nitrogen and oxygen atoms in total. The fourth-order valence-electron chi connectivity index (χ4n) is 4.43. The molecule has 2 N–H and O–H groups in total. The third-order valence-corrected chi connectivity index (χ3v) is 8.33. The van der Waals surface area contributed by atoms with Gasteiger partial charge >= 0.3 is 0 Å². The van der Waals surface area contributed by atoms with Crippen molar-refractivity contribution in [2.75, 3.05) is 11.5 Å². The summed E-state index contributed by atoms with van der Waals surface area (Å²) in [6, 6.07) is 17.9. The van der Waals surface area contributed by atoms with Crippen molar-refractivity contribution in [1.82, 2.24) is 9.78 Å². The molecular formula is C25H21ClFN3O3S. The van der Waals surface area contributed by atoms with Crippen molar-refractivity contribution in [3.63, 3.8) is 0 Å². The molecule has 0 unspecified atom stereocenters. The van der Waals surface area contributed by atoms with Crippen LogP contribution in [-0.4, -0.2) is 41.5 Å². The topological polar surface area (TPSA) is 95.1 Å². The van der Waals surface area contributed by atoms with E-state index in [-0.39, 0.29) is 29.5 Å². The van der Waals surface area contributed by atoms with Gasteiger partial charge in [0.05, 0.1) is 27.7 Å². The van der Waals surface area contributed by atoms with Crippen LogP contribution in [0.5, 0.6) is 0 Å². The van der Waals surface area contributed by atoms with E-state index >= 15 is 0 Å². The Bertz CT molecular complexity index is 1520. The maximum absolute atomic E-state index is 13.5. The molecule has 1 fully saturated rings. The molecule has 9 heteroatoms. The largest absolute Gasteiger partial charge is 0.326 e. The van der Waals surface area contributed by atoms with Gasteiger partial charge in [-0.25, -0.2) is 17.5 Å². The van der Waals surface area contributed by atoms with E-state index in [1.807, 2.05) is 18.2 Å². The third-order valence-electron chi connectivity index (χ3n) is 6.17. The normalized spacial score (nSPS) is 19.5. The first-order chi connectivity index (χ1) is 16.2. The first kappa shape index (κ1) is 22.7. The van der Waals surface area contributed by atoms with Crippen LogP contribution in [0.25, 0.3) is 27.8 Å². The zero-order valence-electron chi connectivity index (χ0n) is 18.0. The van der Waals surface area contributed by atoms with Crippen LogP contribution >= 0.6 is 11.6 Å². The monoisotopic (exact) mass is 497 g/mol. The van der Waals surface area contributed by atoms with Gasteiger partial charge in [-0.1, -0.05) is 35.9 Å². The highest BCUT2D eigenvalue weighted by Gasteiger charge is 2.36. The second-order valence-electron chi connectivity index (χ2n) is 8.58. The van der Waals surface area contributed by atoms with Crippen LogP contribution in [0.1, 0.15) is 16.8 Å². The molecule has 0 radical (unpaired) electrons. The van der Waals surface area contributed by atoms with Gasteiger partial charge in [0, 0.05) is 29.0 Å². The van der Waals surface area contributed by atoms with Crippen molar-refractivity contribution in [2.45, 2.75) is 12.5 Å². The summed E-state index contributed by atoms with van der Waals surface area (Å²) in [7, 11) is -3.22. The third kappa shape index (κ3) is 4.24. The zero-order valence-corrected chi connectivity index (χ0v) is 19.6. The lowest BCUT2D eigenvalue weighted by Crippen LogP contribution is -2.30. The highest BCUT2D eigenvalue weighted by molar-refractivity contribution is 7.91. The van der Waals surface area contributed by atoms with Crippen LogP contribution in [-0.2, 0) is 9.84 Å². The number of fused-ring (bicyclic) bond motifs is 1. The molecule has 0 saturated carbocycles. The summed E-state index contributed by atoms with van der Waals surface area (Å²) < 4.78 is 39.0. The van der Waals surface area contributed by atoms with E-state index in [9.17, 15) is 17.6 Å². The molecule has 174 valence electrons. The highest BCUT2D eigenvalue weighted by atomic mass is 35.5. The summed E-state index contributed by atoms with van der Waals surface area (Å²) in [4.78, 5) is 13.1. The number of rotatable bonds is 5. The number of halogens is 2. The maximum atomic E-state index is 13.5. The number of benzene rings is 3. The molecule has 0 bridgehead atoms. The van der Waals surface area contributed by atoms with E-state index in [0.717, 1.165) is 10.9 Å². The second-order valence-corrected chi connectivity index (χ2v) is 11.1. The number of Topliss-reactive ketones (excluding diaryl/α,β-unsaturated/α-hetero) is 1. The predicted octanol–water partition coefficient (Wildman–Crippen LogP) is 4.43. The Morgan fingerprint density at radius 2 is 1.82 bits per heavy atom. The molecule has 2 heterocycles. The number of hydrogen-bond acceptors (Lipinski definition) is 5. The number of sulfone groups is 1. The van der Waals surface area contributed by atoms with Gasteiger partial charge < -0.3 is 5.73 Å². The summed E-state index contributed by atoms with van der Waals surface area (Å²) >= 11 is 6.43. The quantitative estimate of drug-likeness (QED) is 0.411. The molecule has 0 amide bonds. The number of carbonyl (C=O) groups excluding carboxylic acids is 1. The van der Waals surface area contributed by atoms with E-state index in [1.54, 1.807) is 41.1 Å². The molecule has 1 aliphatic rings. The molecular weight excluding hydrogens is 477 g/mol. The van der Waals surface area contributed by atoms with Gasteiger partial charge in [-0.05, 0) is 48.4 Å². The molecule has 1 aromatic heterocycles. The van der Waals surface area contributed by atoms with Gasteiger partial charge in [-0.2, -0.15) is 5.10 Å². The van der Waals surface area contributed by atoms with Crippen LogP contribution in [0.3, 0.4) is 0 Å². The standard InChI is InChI=1S/C25H21ClFN3O3S/c26-21-4-2-1-3-19(21)25-20-10-5-15(24(31)12-16-13-34(32,33)14-22(16)28)11-23(20)30(29-25)18-8-6-17(27)7-9-18/h1-11,16,22H,12-14,28H2/t16-,22-/m0/s1. The molecule has 3 aromatic carbocycles. The van der Waals surface area contributed by atoms with E-state index < -0.39 is 21.8 Å². The van der Waals surface area contributed by atoms with Crippen LogP contribution in [0, 0.1) is 11.7 Å². The number of ketones is 1. The summed E-state index contributed by atoms with van der Waals surface area (Å²) in [5, 5.41) is 6.06. The first-order valence-corrected chi connectivity index (χ1v) is 12.9. The molecule has 5 rings (SSSR count). The van der Waals surface area contributed by atoms with E-state index in [4.69, 9.17) is 22.4 Å². The van der Waals surface area contributed by atoms with Crippen LogP contribution in [0.15, 0.2) is 66.7 Å². The van der Waals surface area contributed by atoms with E-state index in [0.29, 0.717) is 27.5 Å². The van der Waals surface area contributed by atoms with Crippen molar-refractivity contribution in [3.05, 3.63) is 83.1 Å². The lowest BCUT2D eigenvalue weighted by Gasteiger charge is -2.12. The summed E-state index contributed by atoms with van der Waals surface area (Å²) in [6.07, 6.45) is 0.0496. The number of carbonyl (C=O) groups is 1. The van der Waals surface area contributed by atoms with E-state index in [1.165, 1.54) is 12.1 Å². The number of aromatic nitrogens is 2. The molecule has 0 spiro atoms. The summed E-state index contributed by atoms with van der Waals surface area (Å²) in [5.74, 6) is -1.14. The van der Waals surface area contributed by atoms with Gasteiger partial charge in [0.1, 0.15) is 11.5 Å². The van der Waals surface area contributed by atoms with Gasteiger partial charge in [-0.3, -0.25) is 4.79 Å². The van der Waals surface area contributed by atoms with Crippen molar-refractivity contribution in [3.8, 4) is 16.9 Å². The van der Waals surface area contributed by atoms with Crippen molar-refractivity contribution in [2.24, 2.45) is 11.7 Å². The van der Waals surface area contributed by atoms with Crippen molar-refractivity contribution < 1.29 is 17.6 Å². The average Bonchev–Trinajstić information content (AvgIpc) is 3.30. The Morgan fingerprint density at radius 1 is 1.09 bits per heavy atom. The highest BCUT2D eigenvalue weighted by Crippen LogP contribution is 2.35. The minimum Gasteiger partial charge on any atom is -0.326 e. The minimum absolute atomic E-state index is 0.0496. The Kier molecular flexibility index (Phi) is 5.75. The zero-order chi connectivity index (χ0) is 24.0. The Labute approximate surface area is 201 Å². The summed E-state index contributed by atoms with van der Waals surface area (Å²) in [6.45, 7) is 0. The molecule has 1 saturated heterocycles. The first-order valence-electron chi connectivity index (χ1n) is 10.7. The molecule has 2 atom stereocenters. The van der Waals surface area contributed by atoms with Crippen LogP contribution < -0.4 is 5.73 Å². The fourth-order valence-corrected chi connectivity index (χ4v) is 6.67. The second kappa shape index (κ2) is 8.61. The van der Waals surface area contributed by atoms with Crippen LogP contribution in [0.2, 0.25) is 5.02 Å². The predicted molar refractivity (Wildman–Crippen MR) is 131 cm³/mol. The lowest BCUT2D eigenvalue weighted by atomic mass is 9.94. The number of hydrogen-bond donors (Lipinski definition) is 1. The maximum Gasteiger partial charge on any atom is 0.163 e. The Morgan fingerprint density at radius 3 is 2.50 bits per heavy atom. The van der Waals surface area contributed by atoms with Gasteiger partial charge in [-0.15, -0.1) is 0 Å². The Balaban J connectivity index is 1.60. The minimum atomic E-state index is -3.22. The number of nitrogens with zero attached hydrogens (tertiary/aromatic N) is 2. The van der Waals surface area contributed by atoms with E-state index in [2.05, 4.69) is 0 Å². The lowest BCUT2D eigenvalue weighted by molar-refractivity contribution is 0.0962. The summed E-state index contributed by atoms with van der Waals surface area (Å²) in [5.41, 5.74) is 9.04. The average molecular weight is 498 g/mol. The van der Waals surface area contributed by atoms with Crippen LogP contribution in [0.4, 0.5) is 4.39 Å². The van der Waals surface area contributed by atoms with Gasteiger partial charge in [0.2, 0.25) is 0 Å². The van der Waals surface area contributed by atoms with Crippen molar-refractivity contribution >= 4 is 38.1 Å². The SMILES string of the molecule is N[C@H]1CS(=O)(=O)C[C@@H]1CC(=O)c1ccc2c(-c3ccccc3Cl)nn(-c3ccc(F)cc3)c2c1. The molecule has 34 heavy (non-hydrogen) atoms. The fraction of sp³-hybridized carbons (Fsp3) is 0.200. The van der Waals surface area contributed by atoms with Gasteiger partial charge in [0.15, 0.2) is 15.6 Å². The Hall–Kier alpha value is -3.07.